The van der Waals surface area contributed by atoms with Gasteiger partial charge in [-0.05, 0) is 38.9 Å². The van der Waals surface area contributed by atoms with E-state index >= 15 is 0 Å². The number of carbonyl (C=O) groups is 2. The lowest BCUT2D eigenvalue weighted by Gasteiger charge is -2.39. The maximum absolute atomic E-state index is 12.0. The van der Waals surface area contributed by atoms with Crippen molar-refractivity contribution in [3.63, 3.8) is 0 Å². The van der Waals surface area contributed by atoms with Gasteiger partial charge >= 0.3 is 11.9 Å². The lowest BCUT2D eigenvalue weighted by Crippen LogP contribution is -2.46. The van der Waals surface area contributed by atoms with E-state index in [1.54, 1.807) is 0 Å². The second-order valence-electron chi connectivity index (χ2n) is 8.09. The Balaban J connectivity index is 4.90. The minimum Gasteiger partial charge on any atom is -0.463 e. The summed E-state index contributed by atoms with van der Waals surface area (Å²) in [7, 11) is -2.06. The zero-order valence-electron chi connectivity index (χ0n) is 15.5. The fraction of sp³-hybridized carbons (Fsp3) is 0.875. The monoisotopic (exact) mass is 332 g/mol. The van der Waals surface area contributed by atoms with E-state index in [9.17, 15) is 9.59 Å². The Morgan fingerprint density at radius 3 is 1.91 bits per heavy atom. The Bertz CT molecular complexity index is 390. The van der Waals surface area contributed by atoms with Crippen molar-refractivity contribution in [3.05, 3.63) is 0 Å². The van der Waals surface area contributed by atoms with Crippen LogP contribution in [0.3, 0.4) is 0 Å². The molecule has 6 heteroatoms. The number of esters is 2. The Morgan fingerprint density at radius 2 is 1.55 bits per heavy atom. The van der Waals surface area contributed by atoms with Gasteiger partial charge in [0.1, 0.15) is 12.2 Å². The third-order valence-electron chi connectivity index (χ3n) is 3.55. The molecule has 0 spiro atoms. The van der Waals surface area contributed by atoms with Crippen molar-refractivity contribution >= 4 is 20.3 Å². The molecule has 1 atom stereocenters. The zero-order chi connectivity index (χ0) is 17.8. The minimum atomic E-state index is -2.06. The van der Waals surface area contributed by atoms with Gasteiger partial charge in [0, 0.05) is 6.92 Å². The molecule has 0 saturated heterocycles. The molecule has 0 aliphatic rings. The van der Waals surface area contributed by atoms with Crippen molar-refractivity contribution in [2.75, 3.05) is 6.61 Å². The van der Waals surface area contributed by atoms with Crippen LogP contribution < -0.4 is 0 Å². The average Bonchev–Trinajstić information content (AvgIpc) is 2.20. The molecule has 5 nitrogen and oxygen atoms in total. The predicted molar refractivity (Wildman–Crippen MR) is 89.2 cm³/mol. The van der Waals surface area contributed by atoms with E-state index in [1.165, 1.54) is 6.92 Å². The molecule has 0 aromatic carbocycles. The highest BCUT2D eigenvalue weighted by molar-refractivity contribution is 6.74. The summed E-state index contributed by atoms with van der Waals surface area (Å²) < 4.78 is 16.6. The smallest absolute Gasteiger partial charge is 0.309 e. The van der Waals surface area contributed by atoms with Crippen molar-refractivity contribution in [1.29, 1.82) is 0 Å². The summed E-state index contributed by atoms with van der Waals surface area (Å²) in [5, 5.41) is 0.00933. The molecule has 0 amide bonds. The molecule has 0 radical (unpaired) electrons. The molecule has 0 heterocycles. The second-order valence-corrected chi connectivity index (χ2v) is 12.8. The first-order chi connectivity index (χ1) is 9.64. The van der Waals surface area contributed by atoms with E-state index in [0.29, 0.717) is 0 Å². The molecule has 0 aliphatic carbocycles. The highest BCUT2D eigenvalue weighted by atomic mass is 28.4. The highest BCUT2D eigenvalue weighted by Crippen LogP contribution is 2.37. The Morgan fingerprint density at radius 1 is 1.05 bits per heavy atom. The van der Waals surface area contributed by atoms with Crippen LogP contribution in [0, 0.1) is 0 Å². The standard InChI is InChI=1S/C16H32O5Si/c1-12(17)19-11-13(10-14(18)20-15(2,3)4)21-22(8,9)16(5,6)7/h13H,10-11H2,1-9H3/t13-/m1/s1. The molecule has 0 bridgehead atoms. The van der Waals surface area contributed by atoms with Crippen LogP contribution >= 0.6 is 0 Å². The van der Waals surface area contributed by atoms with Gasteiger partial charge in [0.05, 0.1) is 12.5 Å². The predicted octanol–water partition coefficient (Wildman–Crippen LogP) is 3.67. The van der Waals surface area contributed by atoms with Gasteiger partial charge in [0.25, 0.3) is 0 Å². The summed E-state index contributed by atoms with van der Waals surface area (Å²) in [4.78, 5) is 23.1. The topological polar surface area (TPSA) is 61.8 Å². The van der Waals surface area contributed by atoms with Crippen molar-refractivity contribution in [2.45, 2.75) is 84.7 Å². The van der Waals surface area contributed by atoms with E-state index in [1.807, 2.05) is 20.8 Å². The lowest BCUT2D eigenvalue weighted by atomic mass is 10.2. The normalized spacial score (nSPS) is 14.4. The van der Waals surface area contributed by atoms with E-state index in [4.69, 9.17) is 13.9 Å². The van der Waals surface area contributed by atoms with Crippen LogP contribution in [0.1, 0.15) is 54.9 Å². The maximum Gasteiger partial charge on any atom is 0.309 e. The second kappa shape index (κ2) is 7.59. The molecule has 0 fully saturated rings. The van der Waals surface area contributed by atoms with Gasteiger partial charge in [-0.2, -0.15) is 0 Å². The van der Waals surface area contributed by atoms with Gasteiger partial charge in [-0.3, -0.25) is 9.59 Å². The summed E-state index contributed by atoms with van der Waals surface area (Å²) in [5.41, 5.74) is -0.542. The SMILES string of the molecule is CC(=O)OC[C@@H](CC(=O)OC(C)(C)C)O[Si](C)(C)C(C)(C)C. The van der Waals surface area contributed by atoms with Gasteiger partial charge in [0.15, 0.2) is 8.32 Å². The highest BCUT2D eigenvalue weighted by Gasteiger charge is 2.40. The molecule has 0 saturated carbocycles. The summed E-state index contributed by atoms with van der Waals surface area (Å²) in [6, 6.07) is 0. The van der Waals surface area contributed by atoms with E-state index in [2.05, 4.69) is 33.9 Å². The number of hydrogen-bond donors (Lipinski definition) is 0. The van der Waals surface area contributed by atoms with Crippen LogP contribution in [-0.4, -0.2) is 38.6 Å². The molecule has 0 aliphatic heterocycles. The summed E-state index contributed by atoms with van der Waals surface area (Å²) in [5.74, 6) is -0.726. The van der Waals surface area contributed by atoms with Gasteiger partial charge in [-0.25, -0.2) is 0 Å². The number of carbonyl (C=O) groups excluding carboxylic acids is 2. The minimum absolute atomic E-state index is 0.00933. The van der Waals surface area contributed by atoms with Crippen LogP contribution in [0.4, 0.5) is 0 Å². The van der Waals surface area contributed by atoms with Gasteiger partial charge in [-0.15, -0.1) is 0 Å². The number of hydrogen-bond acceptors (Lipinski definition) is 5. The first-order valence-electron chi connectivity index (χ1n) is 7.67. The largest absolute Gasteiger partial charge is 0.463 e. The van der Waals surface area contributed by atoms with Crippen molar-refractivity contribution in [3.8, 4) is 0 Å². The molecule has 130 valence electrons. The van der Waals surface area contributed by atoms with Crippen molar-refractivity contribution < 1.29 is 23.5 Å². The fourth-order valence-corrected chi connectivity index (χ4v) is 2.85. The summed E-state index contributed by atoms with van der Waals surface area (Å²) in [6.07, 6.45) is -0.392. The van der Waals surface area contributed by atoms with Crippen LogP contribution in [-0.2, 0) is 23.5 Å². The Labute approximate surface area is 135 Å². The number of ether oxygens (including phenoxy) is 2. The van der Waals surface area contributed by atoms with Gasteiger partial charge in [0.2, 0.25) is 0 Å². The van der Waals surface area contributed by atoms with Gasteiger partial charge in [-0.1, -0.05) is 20.8 Å². The van der Waals surface area contributed by atoms with Gasteiger partial charge < -0.3 is 13.9 Å². The van der Waals surface area contributed by atoms with Crippen LogP contribution in [0.25, 0.3) is 0 Å². The fourth-order valence-electron chi connectivity index (χ4n) is 1.51. The number of rotatable bonds is 6. The van der Waals surface area contributed by atoms with E-state index < -0.39 is 20.0 Å². The maximum atomic E-state index is 12.0. The molecule has 0 rings (SSSR count). The molecule has 0 aromatic heterocycles. The van der Waals surface area contributed by atoms with E-state index in [-0.39, 0.29) is 30.0 Å². The van der Waals surface area contributed by atoms with E-state index in [0.717, 1.165) is 0 Å². The first kappa shape index (κ1) is 21.1. The zero-order valence-corrected chi connectivity index (χ0v) is 16.5. The third kappa shape index (κ3) is 8.53. The molecule has 0 N–H and O–H groups in total. The molecular formula is C16H32O5Si. The Kier molecular flexibility index (Phi) is 7.29. The molecular weight excluding hydrogens is 300 g/mol. The Hall–Kier alpha value is -0.883. The van der Waals surface area contributed by atoms with Crippen LogP contribution in [0.5, 0.6) is 0 Å². The molecule has 0 aromatic rings. The van der Waals surface area contributed by atoms with Crippen molar-refractivity contribution in [2.24, 2.45) is 0 Å². The van der Waals surface area contributed by atoms with Crippen molar-refractivity contribution in [1.82, 2.24) is 0 Å². The van der Waals surface area contributed by atoms with Crippen LogP contribution in [0.2, 0.25) is 18.1 Å². The average molecular weight is 333 g/mol. The summed E-state index contributed by atoms with van der Waals surface area (Å²) >= 11 is 0. The third-order valence-corrected chi connectivity index (χ3v) is 8.09. The lowest BCUT2D eigenvalue weighted by molar-refractivity contribution is -0.159. The molecule has 22 heavy (non-hydrogen) atoms. The quantitative estimate of drug-likeness (QED) is 0.548. The van der Waals surface area contributed by atoms with Crippen LogP contribution in [0.15, 0.2) is 0 Å². The molecule has 0 unspecified atom stereocenters. The summed E-state index contributed by atoms with van der Waals surface area (Å²) in [6.45, 7) is 17.4. The first-order valence-corrected chi connectivity index (χ1v) is 10.6.